The smallest absolute Gasteiger partial charge is 0.267 e. The van der Waals surface area contributed by atoms with Crippen LogP contribution < -0.4 is 36.8 Å². The fourth-order valence-electron chi connectivity index (χ4n) is 14.3. The number of carbonyl (C=O) groups is 11. The molecule has 124 heavy (non-hydrogen) atoms. The minimum Gasteiger partial charge on any atom is -0.756 e. The van der Waals surface area contributed by atoms with Gasteiger partial charge in [-0.25, -0.2) is 0 Å². The highest BCUT2D eigenvalue weighted by molar-refractivity contribution is 7.45. The van der Waals surface area contributed by atoms with Crippen LogP contribution in [0.5, 0.6) is 0 Å². The molecule has 16 atom stereocenters. The van der Waals surface area contributed by atoms with E-state index in [1.807, 2.05) is 0 Å². The molecule has 0 aromatic heterocycles. The molecule has 3 heterocycles. The number of aliphatic hydroxyl groups excluding tert-OH is 9. The summed E-state index contributed by atoms with van der Waals surface area (Å²) in [5.41, 5.74) is -1.14. The van der Waals surface area contributed by atoms with Crippen LogP contribution in [-0.4, -0.2) is 315 Å². The lowest BCUT2D eigenvalue weighted by atomic mass is 9.83. The van der Waals surface area contributed by atoms with Crippen LogP contribution in [0.25, 0.3) is 0 Å². The van der Waals surface area contributed by atoms with Crippen LogP contribution in [0.1, 0.15) is 258 Å². The fraction of sp³-hybridized carbons (Fsp3) is 0.869. The molecule has 0 bridgehead atoms. The van der Waals surface area contributed by atoms with Gasteiger partial charge in [0.15, 0.2) is 18.9 Å². The molecule has 0 aromatic rings. The van der Waals surface area contributed by atoms with E-state index >= 15 is 0 Å². The van der Waals surface area contributed by atoms with Gasteiger partial charge in [-0.1, -0.05) is 51.4 Å². The van der Waals surface area contributed by atoms with E-state index in [1.54, 1.807) is 0 Å². The lowest BCUT2D eigenvalue weighted by Crippen LogP contribution is -2.64. The van der Waals surface area contributed by atoms with Crippen LogP contribution in [0.15, 0.2) is 0 Å². The largest absolute Gasteiger partial charge is 0.756 e. The maximum atomic E-state index is 14.2. The second-order valence-electron chi connectivity index (χ2n) is 32.4. The van der Waals surface area contributed by atoms with Crippen molar-refractivity contribution in [3.63, 3.8) is 0 Å². The number of aliphatic hydroxyl groups is 9. The lowest BCUT2D eigenvalue weighted by Gasteiger charge is -2.42. The van der Waals surface area contributed by atoms with Crippen molar-refractivity contribution in [2.24, 2.45) is 5.41 Å². The quantitative estimate of drug-likeness (QED) is 0.0304. The molecule has 718 valence electrons. The predicted molar refractivity (Wildman–Crippen MR) is 444 cm³/mol. The predicted octanol–water partition coefficient (Wildman–Crippen LogP) is 1.66. The minimum absolute atomic E-state index is 0.00561. The summed E-state index contributed by atoms with van der Waals surface area (Å²) < 4.78 is 73.0. The van der Waals surface area contributed by atoms with Crippen molar-refractivity contribution in [2.75, 3.05) is 113 Å². The van der Waals surface area contributed by atoms with Crippen molar-refractivity contribution in [1.29, 1.82) is 0 Å². The van der Waals surface area contributed by atoms with Gasteiger partial charge in [0.25, 0.3) is 7.82 Å². The number of rotatable bonds is 76. The Kier molecular flexibility index (Phi) is 60.8. The minimum atomic E-state index is -4.26. The monoisotopic (exact) mass is 1800 g/mol. The molecule has 0 spiro atoms. The number of carbonyl (C=O) groups excluding carboxylic acids is 11. The zero-order valence-corrected chi connectivity index (χ0v) is 74.3. The SMILES string of the molecule is COP(=O)([O-])OCCCCCNC(=O)CCCCCCCCCCC(=O)CC(COCCC(=O)CCCCCC(=O)CCCCO[C@@H]1OC(CO)[C@H](O)[C@H](O)C1NC(C)=O)(COCCC(=O)CCCCCC(=O)CCCCO[C@@H]1OC(CO)[C@H](O)[C@H](O)C1NC(C)=O)COCCC(=O)NCCCNC(=O)CCCCO[C@H]1OC(CO)[C@@H](O)C(O)[C@H]1NC(C)=O. The molecular weight excluding hydrogens is 1650 g/mol. The van der Waals surface area contributed by atoms with E-state index in [0.29, 0.717) is 135 Å². The van der Waals surface area contributed by atoms with Crippen molar-refractivity contribution < 1.29 is 160 Å². The third kappa shape index (κ3) is 49.9. The molecule has 3 saturated heterocycles. The van der Waals surface area contributed by atoms with Gasteiger partial charge in [0.05, 0.1) is 66.1 Å². The Morgan fingerprint density at radius 3 is 0.960 bits per heavy atom. The van der Waals surface area contributed by atoms with E-state index in [0.717, 1.165) is 52.1 Å². The number of phosphoric acid groups is 1. The highest BCUT2D eigenvalue weighted by Crippen LogP contribution is 2.37. The Hall–Kier alpha value is -5.44. The molecule has 6 amide bonds. The molecule has 0 saturated carbocycles. The van der Waals surface area contributed by atoms with Gasteiger partial charge in [-0.2, -0.15) is 0 Å². The van der Waals surface area contributed by atoms with Gasteiger partial charge in [-0.3, -0.25) is 57.3 Å². The second kappa shape index (κ2) is 66.9. The first-order chi connectivity index (χ1) is 59.4. The van der Waals surface area contributed by atoms with Gasteiger partial charge in [-0.05, 0) is 103 Å². The molecule has 39 nitrogen and oxygen atoms in total. The number of unbranched alkanes of at least 4 members (excludes halogenated alkanes) is 16. The average molecular weight is 1800 g/mol. The van der Waals surface area contributed by atoms with Gasteiger partial charge < -0.3 is 134 Å². The Balaban J connectivity index is 1.59. The second-order valence-corrected chi connectivity index (χ2v) is 34.0. The normalized spacial score (nSPS) is 23.6. The summed E-state index contributed by atoms with van der Waals surface area (Å²) in [4.78, 5) is 151. The maximum Gasteiger partial charge on any atom is 0.267 e. The number of phosphoric ester groups is 1. The molecule has 15 N–H and O–H groups in total. The average Bonchev–Trinajstić information content (AvgIpc) is 0.819. The third-order valence-electron chi connectivity index (χ3n) is 21.5. The fourth-order valence-corrected chi connectivity index (χ4v) is 14.8. The summed E-state index contributed by atoms with van der Waals surface area (Å²) >= 11 is 0. The van der Waals surface area contributed by atoms with Gasteiger partial charge in [0.2, 0.25) is 35.4 Å². The molecule has 0 radical (unpaired) electrons. The number of Topliss-reactive ketones (excluding diaryl/α,β-unsaturated/α-hetero) is 5. The molecule has 0 aliphatic carbocycles. The van der Waals surface area contributed by atoms with Crippen LogP contribution in [0.3, 0.4) is 0 Å². The molecule has 3 rings (SSSR count). The van der Waals surface area contributed by atoms with Crippen molar-refractivity contribution in [3.8, 4) is 0 Å². The highest BCUT2D eigenvalue weighted by atomic mass is 31.2. The van der Waals surface area contributed by atoms with Crippen LogP contribution >= 0.6 is 7.82 Å². The zero-order chi connectivity index (χ0) is 91.5. The number of hydrogen-bond acceptors (Lipinski definition) is 33. The first-order valence-corrected chi connectivity index (χ1v) is 46.0. The summed E-state index contributed by atoms with van der Waals surface area (Å²) in [6, 6.07) is -3.25. The Morgan fingerprint density at radius 1 is 0.339 bits per heavy atom. The number of ketones is 5. The van der Waals surface area contributed by atoms with Crippen LogP contribution in [0.4, 0.5) is 0 Å². The van der Waals surface area contributed by atoms with Crippen molar-refractivity contribution in [1.82, 2.24) is 31.9 Å². The molecule has 7 unspecified atom stereocenters. The maximum absolute atomic E-state index is 14.2. The molecular formula is C84H148N6O33P-. The van der Waals surface area contributed by atoms with Crippen LogP contribution in [0.2, 0.25) is 0 Å². The lowest BCUT2D eigenvalue weighted by molar-refractivity contribution is -0.270. The Bertz CT molecular complexity index is 2850. The van der Waals surface area contributed by atoms with E-state index in [2.05, 4.69) is 36.4 Å². The van der Waals surface area contributed by atoms with Gasteiger partial charge in [0.1, 0.15) is 102 Å². The van der Waals surface area contributed by atoms with E-state index in [4.69, 9.17) is 47.2 Å². The Morgan fingerprint density at radius 2 is 0.613 bits per heavy atom. The Labute approximate surface area is 729 Å². The first-order valence-electron chi connectivity index (χ1n) is 44.6. The molecule has 3 aliphatic heterocycles. The van der Waals surface area contributed by atoms with Gasteiger partial charge >= 0.3 is 0 Å². The van der Waals surface area contributed by atoms with Crippen LogP contribution in [0, 0.1) is 5.41 Å². The molecule has 3 fully saturated rings. The van der Waals surface area contributed by atoms with E-state index < -0.39 is 143 Å². The number of amides is 6. The first kappa shape index (κ1) is 113. The number of ether oxygens (including phenoxy) is 9. The molecule has 0 aromatic carbocycles. The van der Waals surface area contributed by atoms with E-state index in [9.17, 15) is 108 Å². The van der Waals surface area contributed by atoms with Crippen molar-refractivity contribution >= 4 is 72.2 Å². The van der Waals surface area contributed by atoms with Crippen molar-refractivity contribution in [3.05, 3.63) is 0 Å². The van der Waals surface area contributed by atoms with E-state index in [-0.39, 0.29) is 190 Å². The van der Waals surface area contributed by atoms with E-state index in [1.165, 1.54) is 20.8 Å². The summed E-state index contributed by atoms with van der Waals surface area (Å²) in [5.74, 6) is -2.27. The summed E-state index contributed by atoms with van der Waals surface area (Å²) in [6.45, 7) is 2.86. The topological polar surface area (TPSA) is 584 Å². The van der Waals surface area contributed by atoms with Gasteiger partial charge in [0, 0.05) is 156 Å². The zero-order valence-electron chi connectivity index (χ0n) is 73.4. The summed E-state index contributed by atoms with van der Waals surface area (Å²) in [7, 11) is -3.23. The van der Waals surface area contributed by atoms with Gasteiger partial charge in [-0.15, -0.1) is 0 Å². The highest BCUT2D eigenvalue weighted by Gasteiger charge is 2.48. The summed E-state index contributed by atoms with van der Waals surface area (Å²) in [6.07, 6.45) is 1.86. The standard InChI is InChI=1S/C84H149N6O33P/c1-58(94)88-72-78(108)75(105)66(52-91)121-81(72)117-44-25-20-33-61(97)29-15-11-17-31-63(99)38-48-114-55-84(51-65(101)35-14-9-7-5-6-8-10-19-36-69(102)85-41-23-13-24-47-120-124(111,112)113-4,56-115-49-39-64(100)32-18-12-16-30-62(98)34-21-26-45-118-82-73(89-59(2)95)79(109)76(106)67(53-92)122-82)57-116-50-40-71(104)87-43-28-42-86-70(103)37-22-27-46-119-83-74(90-60(3)96)80(110)77(107)68(54-93)123-83/h66-68,72-83,91-93,105-110H,5-57H2,1-4H3,(H,85,102)(H,86,103)(H,87,104)(H,88,94)(H,89,95)(H,90,96)(H,111,112)/p-1/t66?,67?,68?,72?,73?,74-,75+,76+,77-,78-,79-,80?,81-,82-,83+,84?/m1/s1. The number of nitrogens with one attached hydrogen (secondary N) is 6. The molecule has 40 heteroatoms. The third-order valence-corrected chi connectivity index (χ3v) is 22.4. The summed E-state index contributed by atoms with van der Waals surface area (Å²) in [5, 5.41) is 107. The van der Waals surface area contributed by atoms with Crippen molar-refractivity contribution in [2.45, 2.75) is 350 Å². The van der Waals surface area contributed by atoms with Crippen LogP contribution in [-0.2, 0) is 109 Å². The molecule has 3 aliphatic rings. The number of hydrogen-bond donors (Lipinski definition) is 15.